The molecule has 0 aromatic heterocycles. The monoisotopic (exact) mass is 310 g/mol. The van der Waals surface area contributed by atoms with E-state index in [1.165, 1.54) is 6.42 Å². The summed E-state index contributed by atoms with van der Waals surface area (Å²) in [6.07, 6.45) is 4.22. The first-order valence-corrected chi connectivity index (χ1v) is 8.49. The molecule has 0 spiro atoms. The third-order valence-corrected chi connectivity index (χ3v) is 7.07. The molecule has 4 heteroatoms. The fraction of sp³-hybridized carbons (Fsp3) is 1.00. The fourth-order valence-corrected chi connectivity index (χ4v) is 4.54. The Kier molecular flexibility index (Phi) is 4.17. The van der Waals surface area contributed by atoms with Gasteiger partial charge in [-0.3, -0.25) is 0 Å². The van der Waals surface area contributed by atoms with Crippen molar-refractivity contribution in [3.05, 3.63) is 0 Å². The van der Waals surface area contributed by atoms with Gasteiger partial charge in [-0.25, -0.2) is 8.42 Å². The van der Waals surface area contributed by atoms with Gasteiger partial charge in [0.2, 0.25) is 0 Å². The van der Waals surface area contributed by atoms with E-state index in [0.717, 1.165) is 19.3 Å². The average Bonchev–Trinajstić information content (AvgIpc) is 2.42. The molecule has 1 fully saturated rings. The Bertz CT molecular complexity index is 343. The third kappa shape index (κ3) is 3.46. The minimum atomic E-state index is -2.96. The lowest BCUT2D eigenvalue weighted by Gasteiger charge is -2.26. The van der Waals surface area contributed by atoms with Crippen molar-refractivity contribution in [1.29, 1.82) is 0 Å². The molecule has 0 N–H and O–H groups in total. The van der Waals surface area contributed by atoms with Gasteiger partial charge in [-0.15, -0.1) is 0 Å². The molecule has 0 aromatic rings. The molecule has 2 atom stereocenters. The van der Waals surface area contributed by atoms with Crippen LogP contribution in [0.15, 0.2) is 0 Å². The van der Waals surface area contributed by atoms with Gasteiger partial charge in [0.05, 0.1) is 10.5 Å². The fourth-order valence-electron chi connectivity index (χ4n) is 2.16. The van der Waals surface area contributed by atoms with Crippen molar-refractivity contribution in [2.45, 2.75) is 63.0 Å². The Balaban J connectivity index is 2.59. The molecule has 96 valence electrons. The highest BCUT2D eigenvalue weighted by molar-refractivity contribution is 9.09. The van der Waals surface area contributed by atoms with Crippen LogP contribution in [0.2, 0.25) is 0 Å². The van der Waals surface area contributed by atoms with Crippen LogP contribution in [-0.4, -0.2) is 23.7 Å². The summed E-state index contributed by atoms with van der Waals surface area (Å²) in [7, 11) is -2.96. The van der Waals surface area contributed by atoms with E-state index < -0.39 is 14.6 Å². The van der Waals surface area contributed by atoms with Crippen LogP contribution in [0.4, 0.5) is 0 Å². The Morgan fingerprint density at radius 2 is 1.94 bits per heavy atom. The van der Waals surface area contributed by atoms with Crippen molar-refractivity contribution in [1.82, 2.24) is 0 Å². The summed E-state index contributed by atoms with van der Waals surface area (Å²) in [5.74, 6) is 0.326. The first-order valence-electron chi connectivity index (χ1n) is 5.92. The second-order valence-corrected chi connectivity index (χ2v) is 10.5. The highest BCUT2D eigenvalue weighted by atomic mass is 79.9. The molecule has 0 heterocycles. The number of hydrogen-bond acceptors (Lipinski definition) is 2. The second-order valence-electron chi connectivity index (χ2n) is 6.33. The Labute approximate surface area is 108 Å². The molecule has 0 aliphatic heterocycles. The topological polar surface area (TPSA) is 34.1 Å². The summed E-state index contributed by atoms with van der Waals surface area (Å²) < 4.78 is 23.4. The maximum atomic E-state index is 12.0. The number of hydrogen-bond donors (Lipinski definition) is 0. The summed E-state index contributed by atoms with van der Waals surface area (Å²) in [4.78, 5) is 0.579. The van der Waals surface area contributed by atoms with E-state index in [-0.39, 0.29) is 5.41 Å². The molecule has 16 heavy (non-hydrogen) atoms. The van der Waals surface area contributed by atoms with Gasteiger partial charge in [0, 0.05) is 4.83 Å². The molecule has 0 saturated heterocycles. The molecule has 0 bridgehead atoms. The minimum Gasteiger partial charge on any atom is -0.228 e. The molecule has 1 aliphatic rings. The first kappa shape index (κ1) is 14.5. The largest absolute Gasteiger partial charge is 0.228 e. The van der Waals surface area contributed by atoms with E-state index in [9.17, 15) is 8.42 Å². The number of alkyl halides is 1. The van der Waals surface area contributed by atoms with Crippen LogP contribution in [0, 0.1) is 5.41 Å². The van der Waals surface area contributed by atoms with Gasteiger partial charge < -0.3 is 0 Å². The second kappa shape index (κ2) is 4.60. The Morgan fingerprint density at radius 3 is 2.31 bits per heavy atom. The van der Waals surface area contributed by atoms with Crippen molar-refractivity contribution < 1.29 is 8.42 Å². The number of rotatable bonds is 3. The van der Waals surface area contributed by atoms with Gasteiger partial charge in [-0.1, -0.05) is 22.9 Å². The zero-order valence-corrected chi connectivity index (χ0v) is 13.1. The molecular formula is C12H23BrO2S. The van der Waals surface area contributed by atoms with Crippen LogP contribution < -0.4 is 0 Å². The van der Waals surface area contributed by atoms with Gasteiger partial charge in [0.1, 0.15) is 0 Å². The summed E-state index contributed by atoms with van der Waals surface area (Å²) >= 11 is 3.62. The molecule has 1 saturated carbocycles. The maximum Gasteiger partial charge on any atom is 0.155 e. The van der Waals surface area contributed by atoms with Crippen LogP contribution in [0.3, 0.4) is 0 Å². The molecule has 0 aromatic carbocycles. The SMILES string of the molecule is CC1(CCS(=O)(=O)C(C)(C)C)CCC(Br)C1. The van der Waals surface area contributed by atoms with Gasteiger partial charge in [0.15, 0.2) is 9.84 Å². The summed E-state index contributed by atoms with van der Waals surface area (Å²) in [6.45, 7) is 7.57. The van der Waals surface area contributed by atoms with Gasteiger partial charge in [-0.05, 0) is 51.9 Å². The lowest BCUT2D eigenvalue weighted by Crippen LogP contribution is -2.32. The van der Waals surface area contributed by atoms with Crippen molar-refractivity contribution in [2.24, 2.45) is 5.41 Å². The first-order chi connectivity index (χ1) is 7.06. The molecule has 2 nitrogen and oxygen atoms in total. The highest BCUT2D eigenvalue weighted by Crippen LogP contribution is 2.44. The Morgan fingerprint density at radius 1 is 1.38 bits per heavy atom. The van der Waals surface area contributed by atoms with E-state index in [2.05, 4.69) is 22.9 Å². The van der Waals surface area contributed by atoms with E-state index in [1.807, 2.05) is 0 Å². The third-order valence-electron chi connectivity index (χ3n) is 3.68. The van der Waals surface area contributed by atoms with Gasteiger partial charge >= 0.3 is 0 Å². The quantitative estimate of drug-likeness (QED) is 0.747. The van der Waals surface area contributed by atoms with E-state index >= 15 is 0 Å². The van der Waals surface area contributed by atoms with E-state index in [1.54, 1.807) is 20.8 Å². The van der Waals surface area contributed by atoms with E-state index in [0.29, 0.717) is 10.6 Å². The molecule has 0 amide bonds. The lowest BCUT2D eigenvalue weighted by molar-refractivity contribution is 0.324. The zero-order valence-electron chi connectivity index (χ0n) is 10.7. The predicted molar refractivity (Wildman–Crippen MR) is 72.8 cm³/mol. The molecule has 1 rings (SSSR count). The van der Waals surface area contributed by atoms with Crippen molar-refractivity contribution in [3.8, 4) is 0 Å². The summed E-state index contributed by atoms with van der Waals surface area (Å²) in [5, 5.41) is 0. The number of halogens is 1. The number of sulfone groups is 1. The average molecular weight is 311 g/mol. The standard InChI is InChI=1S/C12H23BrO2S/c1-11(2,3)16(14,15)8-7-12(4)6-5-10(13)9-12/h10H,5-9H2,1-4H3. The van der Waals surface area contributed by atoms with Crippen molar-refractivity contribution in [2.75, 3.05) is 5.75 Å². The van der Waals surface area contributed by atoms with Gasteiger partial charge in [-0.2, -0.15) is 0 Å². The van der Waals surface area contributed by atoms with Gasteiger partial charge in [0.25, 0.3) is 0 Å². The molecule has 1 aliphatic carbocycles. The molecule has 0 radical (unpaired) electrons. The molecule has 2 unspecified atom stereocenters. The Hall–Kier alpha value is 0.430. The predicted octanol–water partition coefficient (Wildman–Crippen LogP) is 3.54. The minimum absolute atomic E-state index is 0.215. The summed E-state index contributed by atoms with van der Waals surface area (Å²) in [5.41, 5.74) is 0.215. The van der Waals surface area contributed by atoms with Crippen LogP contribution >= 0.6 is 15.9 Å². The van der Waals surface area contributed by atoms with Crippen molar-refractivity contribution in [3.63, 3.8) is 0 Å². The summed E-state index contributed by atoms with van der Waals surface area (Å²) in [6, 6.07) is 0. The van der Waals surface area contributed by atoms with Crippen LogP contribution in [0.1, 0.15) is 53.4 Å². The van der Waals surface area contributed by atoms with Crippen LogP contribution in [0.25, 0.3) is 0 Å². The normalized spacial score (nSPS) is 31.9. The molecular weight excluding hydrogens is 288 g/mol. The van der Waals surface area contributed by atoms with Crippen molar-refractivity contribution >= 4 is 25.8 Å². The van der Waals surface area contributed by atoms with Crippen LogP contribution in [0.5, 0.6) is 0 Å². The lowest BCUT2D eigenvalue weighted by atomic mass is 9.86. The van der Waals surface area contributed by atoms with E-state index in [4.69, 9.17) is 0 Å². The maximum absolute atomic E-state index is 12.0. The highest BCUT2D eigenvalue weighted by Gasteiger charge is 2.37. The smallest absolute Gasteiger partial charge is 0.155 e. The van der Waals surface area contributed by atoms with Crippen LogP contribution in [-0.2, 0) is 9.84 Å². The zero-order chi connectivity index (χ0) is 12.6.